The van der Waals surface area contributed by atoms with Gasteiger partial charge in [0.05, 0.1) is 12.1 Å². The highest BCUT2D eigenvalue weighted by Crippen LogP contribution is 2.19. The second kappa shape index (κ2) is 6.54. The molecule has 24 heavy (non-hydrogen) atoms. The van der Waals surface area contributed by atoms with Crippen LogP contribution in [0.3, 0.4) is 0 Å². The van der Waals surface area contributed by atoms with E-state index in [0.717, 1.165) is 5.69 Å². The van der Waals surface area contributed by atoms with Gasteiger partial charge in [0.1, 0.15) is 0 Å². The summed E-state index contributed by atoms with van der Waals surface area (Å²) in [6.07, 6.45) is 0.733. The van der Waals surface area contributed by atoms with Crippen LogP contribution in [0.1, 0.15) is 34.9 Å². The maximum atomic E-state index is 12.3. The van der Waals surface area contributed by atoms with Gasteiger partial charge in [0, 0.05) is 16.9 Å². The minimum atomic E-state index is -0.872. The van der Waals surface area contributed by atoms with Crippen molar-refractivity contribution in [1.29, 1.82) is 0 Å². The standard InChI is InChI=1S/C16H16ClN5O2/c1-9-7-8-18-16-20-14(21-22(9)16)15(24)19-10(2)13(23)11-3-5-12(17)6-4-11/h3-8,10,13,23H,1-2H3,(H,19,24). The Balaban J connectivity index is 1.75. The number of aromatic nitrogens is 4. The normalized spacial score (nSPS) is 13.7. The maximum absolute atomic E-state index is 12.3. The van der Waals surface area contributed by atoms with Gasteiger partial charge in [-0.25, -0.2) is 9.50 Å². The molecule has 1 aromatic carbocycles. The number of amides is 1. The van der Waals surface area contributed by atoms with Crippen molar-refractivity contribution in [2.24, 2.45) is 0 Å². The van der Waals surface area contributed by atoms with Crippen LogP contribution in [0.4, 0.5) is 0 Å². The van der Waals surface area contributed by atoms with E-state index in [4.69, 9.17) is 11.6 Å². The van der Waals surface area contributed by atoms with Crippen molar-refractivity contribution in [3.63, 3.8) is 0 Å². The Kier molecular flexibility index (Phi) is 4.46. The molecule has 0 saturated heterocycles. The Labute approximate surface area is 143 Å². The van der Waals surface area contributed by atoms with Gasteiger partial charge in [0.2, 0.25) is 5.82 Å². The number of aliphatic hydroxyl groups is 1. The van der Waals surface area contributed by atoms with E-state index in [9.17, 15) is 9.90 Å². The quantitative estimate of drug-likeness (QED) is 0.753. The average Bonchev–Trinajstić information content (AvgIpc) is 3.00. The summed E-state index contributed by atoms with van der Waals surface area (Å²) in [7, 11) is 0. The van der Waals surface area contributed by atoms with Crippen LogP contribution in [0.2, 0.25) is 5.02 Å². The molecule has 0 aliphatic carbocycles. The Hall–Kier alpha value is -2.51. The number of hydrogen-bond acceptors (Lipinski definition) is 5. The van der Waals surface area contributed by atoms with Gasteiger partial charge in [0.15, 0.2) is 0 Å². The summed E-state index contributed by atoms with van der Waals surface area (Å²) < 4.78 is 1.50. The highest BCUT2D eigenvalue weighted by molar-refractivity contribution is 6.30. The highest BCUT2D eigenvalue weighted by Gasteiger charge is 2.22. The minimum Gasteiger partial charge on any atom is -0.386 e. The summed E-state index contributed by atoms with van der Waals surface area (Å²) >= 11 is 5.84. The third kappa shape index (κ3) is 3.22. The van der Waals surface area contributed by atoms with Crippen molar-refractivity contribution < 1.29 is 9.90 Å². The Bertz CT molecular complexity index is 878. The molecule has 3 aromatic rings. The van der Waals surface area contributed by atoms with Gasteiger partial charge in [-0.3, -0.25) is 4.79 Å². The molecule has 0 radical (unpaired) electrons. The molecule has 0 spiro atoms. The van der Waals surface area contributed by atoms with E-state index in [2.05, 4.69) is 20.4 Å². The van der Waals surface area contributed by atoms with Crippen molar-refractivity contribution in [3.8, 4) is 0 Å². The number of rotatable bonds is 4. The van der Waals surface area contributed by atoms with Crippen LogP contribution < -0.4 is 5.32 Å². The molecule has 2 N–H and O–H groups in total. The summed E-state index contributed by atoms with van der Waals surface area (Å²) in [5.74, 6) is -0.113. The molecule has 2 aromatic heterocycles. The molecular weight excluding hydrogens is 330 g/mol. The third-order valence-electron chi connectivity index (χ3n) is 3.68. The van der Waals surface area contributed by atoms with Gasteiger partial charge in [-0.15, -0.1) is 5.10 Å². The van der Waals surface area contributed by atoms with E-state index in [0.29, 0.717) is 16.4 Å². The van der Waals surface area contributed by atoms with E-state index >= 15 is 0 Å². The Morgan fingerprint density at radius 2 is 2.00 bits per heavy atom. The lowest BCUT2D eigenvalue weighted by Gasteiger charge is -2.20. The van der Waals surface area contributed by atoms with Gasteiger partial charge >= 0.3 is 0 Å². The molecule has 0 aliphatic heterocycles. The Morgan fingerprint density at radius 1 is 1.29 bits per heavy atom. The van der Waals surface area contributed by atoms with Crippen LogP contribution in [0.15, 0.2) is 36.5 Å². The predicted molar refractivity (Wildman–Crippen MR) is 88.9 cm³/mol. The number of fused-ring (bicyclic) bond motifs is 1. The molecule has 0 fully saturated rings. The van der Waals surface area contributed by atoms with E-state index in [1.54, 1.807) is 43.5 Å². The summed E-state index contributed by atoms with van der Waals surface area (Å²) in [4.78, 5) is 20.5. The van der Waals surface area contributed by atoms with Crippen LogP contribution >= 0.6 is 11.6 Å². The predicted octanol–water partition coefficient (Wildman–Crippen LogP) is 1.94. The van der Waals surface area contributed by atoms with Crippen molar-refractivity contribution >= 4 is 23.3 Å². The molecule has 2 heterocycles. The average molecular weight is 346 g/mol. The fraction of sp³-hybridized carbons (Fsp3) is 0.250. The topological polar surface area (TPSA) is 92.4 Å². The number of aryl methyl sites for hydroxylation is 1. The van der Waals surface area contributed by atoms with Gasteiger partial charge in [-0.1, -0.05) is 23.7 Å². The number of nitrogens with one attached hydrogen (secondary N) is 1. The first-order chi connectivity index (χ1) is 11.5. The van der Waals surface area contributed by atoms with E-state index in [1.165, 1.54) is 4.52 Å². The first-order valence-corrected chi connectivity index (χ1v) is 7.76. The second-order valence-corrected chi connectivity index (χ2v) is 5.93. The molecular formula is C16H16ClN5O2. The van der Waals surface area contributed by atoms with Crippen molar-refractivity contribution in [2.75, 3.05) is 0 Å². The first kappa shape index (κ1) is 16.4. The fourth-order valence-electron chi connectivity index (χ4n) is 2.30. The number of carbonyl (C=O) groups excluding carboxylic acids is 1. The lowest BCUT2D eigenvalue weighted by Crippen LogP contribution is -2.37. The van der Waals surface area contributed by atoms with Crippen LogP contribution in [0, 0.1) is 6.92 Å². The molecule has 2 atom stereocenters. The molecule has 8 heteroatoms. The van der Waals surface area contributed by atoms with Crippen molar-refractivity contribution in [2.45, 2.75) is 26.0 Å². The van der Waals surface area contributed by atoms with Gasteiger partial charge in [-0.2, -0.15) is 4.98 Å². The summed E-state index contributed by atoms with van der Waals surface area (Å²) in [6, 6.07) is 8.05. The summed E-state index contributed by atoms with van der Waals surface area (Å²) in [5, 5.41) is 17.8. The zero-order valence-electron chi connectivity index (χ0n) is 13.1. The zero-order valence-corrected chi connectivity index (χ0v) is 13.9. The van der Waals surface area contributed by atoms with E-state index < -0.39 is 18.1 Å². The molecule has 0 saturated carbocycles. The monoisotopic (exact) mass is 345 g/mol. The van der Waals surface area contributed by atoms with Gasteiger partial charge in [-0.05, 0) is 37.6 Å². The van der Waals surface area contributed by atoms with Gasteiger partial charge < -0.3 is 10.4 Å². The lowest BCUT2D eigenvalue weighted by molar-refractivity contribution is 0.0842. The number of nitrogens with zero attached hydrogens (tertiary/aromatic N) is 4. The Morgan fingerprint density at radius 3 is 2.67 bits per heavy atom. The molecule has 0 aliphatic rings. The number of aliphatic hydroxyl groups excluding tert-OH is 1. The zero-order chi connectivity index (χ0) is 17.3. The summed E-state index contributed by atoms with van der Waals surface area (Å²) in [6.45, 7) is 3.55. The smallest absolute Gasteiger partial charge is 0.291 e. The van der Waals surface area contributed by atoms with Crippen LogP contribution in [-0.2, 0) is 0 Å². The number of carbonyl (C=O) groups is 1. The van der Waals surface area contributed by atoms with E-state index in [1.807, 2.05) is 6.92 Å². The molecule has 1 amide bonds. The van der Waals surface area contributed by atoms with Crippen LogP contribution in [0.5, 0.6) is 0 Å². The third-order valence-corrected chi connectivity index (χ3v) is 3.93. The molecule has 124 valence electrons. The van der Waals surface area contributed by atoms with E-state index in [-0.39, 0.29) is 5.82 Å². The van der Waals surface area contributed by atoms with Crippen LogP contribution in [-0.4, -0.2) is 36.6 Å². The second-order valence-electron chi connectivity index (χ2n) is 5.49. The van der Waals surface area contributed by atoms with Crippen LogP contribution in [0.25, 0.3) is 5.78 Å². The SMILES string of the molecule is Cc1ccnc2nc(C(=O)NC(C)C(O)c3ccc(Cl)cc3)nn12. The van der Waals surface area contributed by atoms with Crippen molar-refractivity contribution in [3.05, 3.63) is 58.6 Å². The van der Waals surface area contributed by atoms with Crippen molar-refractivity contribution in [1.82, 2.24) is 24.9 Å². The molecule has 2 unspecified atom stereocenters. The molecule has 0 bridgehead atoms. The first-order valence-electron chi connectivity index (χ1n) is 7.38. The molecule has 7 nitrogen and oxygen atoms in total. The molecule has 3 rings (SSSR count). The lowest BCUT2D eigenvalue weighted by atomic mass is 10.0. The minimum absolute atomic E-state index is 0.00644. The van der Waals surface area contributed by atoms with Gasteiger partial charge in [0.25, 0.3) is 11.7 Å². The highest BCUT2D eigenvalue weighted by atomic mass is 35.5. The summed E-state index contributed by atoms with van der Waals surface area (Å²) in [5.41, 5.74) is 1.48. The fourth-order valence-corrected chi connectivity index (χ4v) is 2.43. The number of hydrogen-bond donors (Lipinski definition) is 2. The maximum Gasteiger partial charge on any atom is 0.291 e. The largest absolute Gasteiger partial charge is 0.386 e. The number of halogens is 1. The number of benzene rings is 1.